The summed E-state index contributed by atoms with van der Waals surface area (Å²) in [7, 11) is 1.57. The minimum Gasteiger partial charge on any atom is -0.497 e. The van der Waals surface area contributed by atoms with Crippen molar-refractivity contribution >= 4 is 16.8 Å². The van der Waals surface area contributed by atoms with Crippen LogP contribution < -0.4 is 21.2 Å². The summed E-state index contributed by atoms with van der Waals surface area (Å²) in [6.45, 7) is 0.308. The number of nitrogens with one attached hydrogen (secondary N) is 3. The second-order valence-electron chi connectivity index (χ2n) is 5.52. The van der Waals surface area contributed by atoms with Gasteiger partial charge in [0.1, 0.15) is 5.75 Å². The van der Waals surface area contributed by atoms with Crippen molar-refractivity contribution < 1.29 is 9.53 Å². The lowest BCUT2D eigenvalue weighted by molar-refractivity contribution is 0.0953. The summed E-state index contributed by atoms with van der Waals surface area (Å²) in [5.74, 6) is 0.363. The zero-order chi connectivity index (χ0) is 17.8. The van der Waals surface area contributed by atoms with E-state index in [9.17, 15) is 14.4 Å². The molecule has 3 N–H and O–H groups in total. The van der Waals surface area contributed by atoms with Crippen molar-refractivity contribution in [3.63, 3.8) is 0 Å². The number of rotatable bonds is 5. The van der Waals surface area contributed by atoms with Gasteiger partial charge in [0.05, 0.1) is 18.2 Å². The van der Waals surface area contributed by atoms with Crippen LogP contribution in [0.5, 0.6) is 5.75 Å². The van der Waals surface area contributed by atoms with E-state index >= 15 is 0 Å². The van der Waals surface area contributed by atoms with Crippen molar-refractivity contribution in [2.45, 2.75) is 6.42 Å². The van der Waals surface area contributed by atoms with Gasteiger partial charge >= 0.3 is 0 Å². The van der Waals surface area contributed by atoms with Crippen LogP contribution in [0.4, 0.5) is 0 Å². The molecule has 7 heteroatoms. The molecule has 3 rings (SSSR count). The molecule has 0 saturated heterocycles. The maximum atomic E-state index is 12.2. The second kappa shape index (κ2) is 7.04. The van der Waals surface area contributed by atoms with Crippen LogP contribution in [0.25, 0.3) is 10.9 Å². The Morgan fingerprint density at radius 2 is 2.00 bits per heavy atom. The SMILES string of the molecule is COc1ccc2cc(CCNC(=O)c3ccc(=O)[nH]c3)c(=O)[nH]c2c1. The maximum absolute atomic E-state index is 12.2. The summed E-state index contributed by atoms with van der Waals surface area (Å²) in [5, 5.41) is 3.62. The van der Waals surface area contributed by atoms with Crippen LogP contribution in [0.1, 0.15) is 15.9 Å². The molecule has 2 aromatic heterocycles. The van der Waals surface area contributed by atoms with Crippen molar-refractivity contribution in [3.05, 3.63) is 74.4 Å². The van der Waals surface area contributed by atoms with Gasteiger partial charge in [-0.25, -0.2) is 0 Å². The van der Waals surface area contributed by atoms with Gasteiger partial charge in [0.2, 0.25) is 5.56 Å². The van der Waals surface area contributed by atoms with Gasteiger partial charge in [-0.3, -0.25) is 14.4 Å². The van der Waals surface area contributed by atoms with Crippen molar-refractivity contribution in [1.82, 2.24) is 15.3 Å². The van der Waals surface area contributed by atoms with Crippen LogP contribution in [-0.4, -0.2) is 29.5 Å². The van der Waals surface area contributed by atoms with Gasteiger partial charge in [0, 0.05) is 30.4 Å². The Labute approximate surface area is 142 Å². The standard InChI is InChI=1S/C18H17N3O4/c1-25-14-4-2-11-8-12(18(24)21-15(11)9-14)6-7-19-17(23)13-3-5-16(22)20-10-13/h2-5,8-10H,6-7H2,1H3,(H,19,23)(H,20,22)(H,21,24). The number of ether oxygens (including phenoxy) is 1. The van der Waals surface area contributed by atoms with Crippen LogP contribution in [-0.2, 0) is 6.42 Å². The van der Waals surface area contributed by atoms with Crippen molar-refractivity contribution in [3.8, 4) is 5.75 Å². The fraction of sp³-hybridized carbons (Fsp3) is 0.167. The summed E-state index contributed by atoms with van der Waals surface area (Å²) in [6.07, 6.45) is 1.75. The Morgan fingerprint density at radius 3 is 2.72 bits per heavy atom. The predicted octanol–water partition coefficient (Wildman–Crippen LogP) is 1.20. The van der Waals surface area contributed by atoms with E-state index in [-0.39, 0.29) is 17.0 Å². The fourth-order valence-electron chi connectivity index (χ4n) is 2.50. The number of carbonyl (C=O) groups is 1. The van der Waals surface area contributed by atoms with Gasteiger partial charge in [0.15, 0.2) is 0 Å². The molecule has 0 fully saturated rings. The number of aromatic nitrogens is 2. The van der Waals surface area contributed by atoms with Crippen molar-refractivity contribution in [1.29, 1.82) is 0 Å². The highest BCUT2D eigenvalue weighted by molar-refractivity contribution is 5.93. The number of H-pyrrole nitrogens is 2. The monoisotopic (exact) mass is 339 g/mol. The number of fused-ring (bicyclic) bond motifs is 1. The summed E-state index contributed by atoms with van der Waals surface area (Å²) in [5.41, 5.74) is 1.18. The molecule has 0 aliphatic heterocycles. The Kier molecular flexibility index (Phi) is 4.65. The first kappa shape index (κ1) is 16.5. The zero-order valence-electron chi connectivity index (χ0n) is 13.6. The third kappa shape index (κ3) is 3.77. The lowest BCUT2D eigenvalue weighted by atomic mass is 10.1. The number of methoxy groups -OCH3 is 1. The predicted molar refractivity (Wildman–Crippen MR) is 94.2 cm³/mol. The molecule has 128 valence electrons. The molecule has 0 unspecified atom stereocenters. The van der Waals surface area contributed by atoms with Crippen LogP contribution in [0, 0.1) is 0 Å². The molecule has 2 heterocycles. The average molecular weight is 339 g/mol. The highest BCUT2D eigenvalue weighted by Crippen LogP contribution is 2.18. The third-order valence-corrected chi connectivity index (χ3v) is 3.86. The molecular weight excluding hydrogens is 322 g/mol. The molecule has 0 atom stereocenters. The minimum atomic E-state index is -0.307. The first-order valence-electron chi connectivity index (χ1n) is 7.74. The Balaban J connectivity index is 1.69. The summed E-state index contributed by atoms with van der Waals surface area (Å²) in [4.78, 5) is 40.4. The maximum Gasteiger partial charge on any atom is 0.252 e. The number of aromatic amines is 2. The third-order valence-electron chi connectivity index (χ3n) is 3.86. The normalized spacial score (nSPS) is 10.6. The number of amides is 1. The lowest BCUT2D eigenvalue weighted by Gasteiger charge is -2.07. The highest BCUT2D eigenvalue weighted by Gasteiger charge is 2.07. The minimum absolute atomic E-state index is 0.195. The molecule has 1 amide bonds. The molecular formula is C18H17N3O4. The molecule has 0 aliphatic rings. The van der Waals surface area contributed by atoms with E-state index in [1.54, 1.807) is 19.2 Å². The molecule has 0 bridgehead atoms. The molecule has 3 aromatic rings. The van der Waals surface area contributed by atoms with E-state index in [1.807, 2.05) is 12.1 Å². The van der Waals surface area contributed by atoms with Crippen LogP contribution in [0.15, 0.2) is 52.2 Å². The van der Waals surface area contributed by atoms with Crippen molar-refractivity contribution in [2.75, 3.05) is 13.7 Å². The zero-order valence-corrected chi connectivity index (χ0v) is 13.6. The summed E-state index contributed by atoms with van der Waals surface area (Å²) in [6, 6.07) is 9.99. The largest absolute Gasteiger partial charge is 0.497 e. The van der Waals surface area contributed by atoms with Gasteiger partial charge in [-0.2, -0.15) is 0 Å². The van der Waals surface area contributed by atoms with Gasteiger partial charge in [-0.1, -0.05) is 0 Å². The Hall–Kier alpha value is -3.35. The van der Waals surface area contributed by atoms with Gasteiger partial charge in [-0.05, 0) is 36.1 Å². The van der Waals surface area contributed by atoms with E-state index < -0.39 is 0 Å². The molecule has 7 nitrogen and oxygen atoms in total. The highest BCUT2D eigenvalue weighted by atomic mass is 16.5. The number of pyridine rings is 2. The number of carbonyl (C=O) groups excluding carboxylic acids is 1. The quantitative estimate of drug-likeness (QED) is 0.649. The number of hydrogen-bond acceptors (Lipinski definition) is 4. The van der Waals surface area contributed by atoms with E-state index in [1.165, 1.54) is 18.3 Å². The molecule has 0 spiro atoms. The molecule has 0 saturated carbocycles. The first-order chi connectivity index (χ1) is 12.1. The van der Waals surface area contributed by atoms with Crippen LogP contribution >= 0.6 is 0 Å². The smallest absolute Gasteiger partial charge is 0.252 e. The summed E-state index contributed by atoms with van der Waals surface area (Å²) < 4.78 is 5.14. The second-order valence-corrected chi connectivity index (χ2v) is 5.52. The Bertz CT molecular complexity index is 1020. The average Bonchev–Trinajstić information content (AvgIpc) is 2.62. The topological polar surface area (TPSA) is 104 Å². The number of benzene rings is 1. The fourth-order valence-corrected chi connectivity index (χ4v) is 2.50. The molecule has 25 heavy (non-hydrogen) atoms. The van der Waals surface area contributed by atoms with Crippen LogP contribution in [0.2, 0.25) is 0 Å². The lowest BCUT2D eigenvalue weighted by Crippen LogP contribution is -2.28. The molecule has 1 aromatic carbocycles. The summed E-state index contributed by atoms with van der Waals surface area (Å²) >= 11 is 0. The van der Waals surface area contributed by atoms with Crippen LogP contribution in [0.3, 0.4) is 0 Å². The van der Waals surface area contributed by atoms with Gasteiger partial charge in [-0.15, -0.1) is 0 Å². The number of hydrogen-bond donors (Lipinski definition) is 3. The van der Waals surface area contributed by atoms with Gasteiger partial charge in [0.25, 0.3) is 11.5 Å². The van der Waals surface area contributed by atoms with E-state index in [4.69, 9.17) is 4.74 Å². The Morgan fingerprint density at radius 1 is 1.16 bits per heavy atom. The first-order valence-corrected chi connectivity index (χ1v) is 7.74. The van der Waals surface area contributed by atoms with E-state index in [0.29, 0.717) is 35.4 Å². The van der Waals surface area contributed by atoms with Crippen molar-refractivity contribution in [2.24, 2.45) is 0 Å². The molecule has 0 aliphatic carbocycles. The molecule has 0 radical (unpaired) electrons. The van der Waals surface area contributed by atoms with Gasteiger partial charge < -0.3 is 20.0 Å². The van der Waals surface area contributed by atoms with E-state index in [2.05, 4.69) is 15.3 Å². The van der Waals surface area contributed by atoms with E-state index in [0.717, 1.165) is 5.39 Å².